The number of aromatic nitrogens is 3. The maximum Gasteiger partial charge on any atom is 0.135 e. The van der Waals surface area contributed by atoms with Crippen molar-refractivity contribution in [2.75, 3.05) is 23.3 Å². The summed E-state index contributed by atoms with van der Waals surface area (Å²) < 4.78 is 0. The maximum absolute atomic E-state index is 6.13. The normalized spacial score (nSPS) is 17.6. The van der Waals surface area contributed by atoms with Crippen LogP contribution in [0, 0.1) is 6.92 Å². The van der Waals surface area contributed by atoms with Crippen molar-refractivity contribution in [2.24, 2.45) is 0 Å². The molecule has 4 rings (SSSR count). The quantitative estimate of drug-likeness (QED) is 0.857. The molecule has 1 saturated carbocycles. The average Bonchev–Trinajstić information content (AvgIpc) is 3.24. The molecule has 2 aromatic rings. The van der Waals surface area contributed by atoms with E-state index in [1.165, 1.54) is 12.8 Å². The fourth-order valence-electron chi connectivity index (χ4n) is 2.96. The summed E-state index contributed by atoms with van der Waals surface area (Å²) in [6, 6.07) is 5.91. The summed E-state index contributed by atoms with van der Waals surface area (Å²) in [5.41, 5.74) is 1.93. The third-order valence-corrected chi connectivity index (χ3v) is 4.61. The molecule has 1 aliphatic carbocycles. The van der Waals surface area contributed by atoms with Gasteiger partial charge in [-0.15, -0.1) is 0 Å². The highest BCUT2D eigenvalue weighted by atomic mass is 35.5. The summed E-state index contributed by atoms with van der Waals surface area (Å²) in [7, 11) is 0. The third-order valence-electron chi connectivity index (χ3n) is 4.42. The largest absolute Gasteiger partial charge is 0.357 e. The van der Waals surface area contributed by atoms with Crippen molar-refractivity contribution in [1.29, 1.82) is 0 Å². The van der Waals surface area contributed by atoms with Crippen LogP contribution in [0.5, 0.6) is 0 Å². The van der Waals surface area contributed by atoms with Crippen LogP contribution in [0.1, 0.15) is 43.1 Å². The topological polar surface area (TPSA) is 53.9 Å². The molecule has 0 radical (unpaired) electrons. The number of halogens is 1. The molecule has 0 aromatic carbocycles. The van der Waals surface area contributed by atoms with Gasteiger partial charge in [0.1, 0.15) is 22.6 Å². The van der Waals surface area contributed by atoms with Crippen LogP contribution in [0.3, 0.4) is 0 Å². The standard InChI is InChI=1S/C17H20ClN5/c1-11-13(6-7-16(19-11)23-8-2-3-9-23)20-15-10-14(18)21-17(22-15)12-4-5-12/h6-7,10,12H,2-5,8-9H2,1H3,(H,20,21,22). The average molecular weight is 330 g/mol. The van der Waals surface area contributed by atoms with Gasteiger partial charge in [-0.2, -0.15) is 0 Å². The smallest absolute Gasteiger partial charge is 0.135 e. The maximum atomic E-state index is 6.13. The van der Waals surface area contributed by atoms with Gasteiger partial charge in [0.2, 0.25) is 0 Å². The molecule has 2 aliphatic rings. The minimum Gasteiger partial charge on any atom is -0.357 e. The lowest BCUT2D eigenvalue weighted by Crippen LogP contribution is -2.19. The van der Waals surface area contributed by atoms with Crippen molar-refractivity contribution in [3.05, 3.63) is 34.9 Å². The van der Waals surface area contributed by atoms with Crippen molar-refractivity contribution in [3.8, 4) is 0 Å². The molecule has 23 heavy (non-hydrogen) atoms. The number of hydrogen-bond acceptors (Lipinski definition) is 5. The van der Waals surface area contributed by atoms with Gasteiger partial charge in [0.15, 0.2) is 0 Å². The highest BCUT2D eigenvalue weighted by Crippen LogP contribution is 2.39. The second-order valence-electron chi connectivity index (χ2n) is 6.33. The van der Waals surface area contributed by atoms with Crippen LogP contribution in [0.2, 0.25) is 5.15 Å². The van der Waals surface area contributed by atoms with E-state index in [1.807, 2.05) is 6.92 Å². The lowest BCUT2D eigenvalue weighted by Gasteiger charge is -2.18. The Morgan fingerprint density at radius 2 is 1.91 bits per heavy atom. The van der Waals surface area contributed by atoms with Gasteiger partial charge in [-0.3, -0.25) is 0 Å². The lowest BCUT2D eigenvalue weighted by molar-refractivity contribution is 0.925. The van der Waals surface area contributed by atoms with Gasteiger partial charge in [0.05, 0.1) is 11.4 Å². The van der Waals surface area contributed by atoms with E-state index >= 15 is 0 Å². The summed E-state index contributed by atoms with van der Waals surface area (Å²) in [5, 5.41) is 3.83. The Balaban J connectivity index is 1.56. The third kappa shape index (κ3) is 3.24. The number of nitrogens with zero attached hydrogens (tertiary/aromatic N) is 4. The van der Waals surface area contributed by atoms with E-state index in [0.29, 0.717) is 11.1 Å². The van der Waals surface area contributed by atoms with E-state index in [0.717, 1.165) is 54.8 Å². The highest BCUT2D eigenvalue weighted by Gasteiger charge is 2.27. The molecule has 120 valence electrons. The predicted molar refractivity (Wildman–Crippen MR) is 92.7 cm³/mol. The number of rotatable bonds is 4. The molecule has 5 nitrogen and oxygen atoms in total. The van der Waals surface area contributed by atoms with Gasteiger partial charge in [-0.05, 0) is 44.7 Å². The van der Waals surface area contributed by atoms with Crippen molar-refractivity contribution in [1.82, 2.24) is 15.0 Å². The Kier molecular flexibility index (Phi) is 3.81. The number of pyridine rings is 1. The van der Waals surface area contributed by atoms with Crippen molar-refractivity contribution in [3.63, 3.8) is 0 Å². The Labute approximate surface area is 141 Å². The van der Waals surface area contributed by atoms with Crippen molar-refractivity contribution in [2.45, 2.75) is 38.5 Å². The van der Waals surface area contributed by atoms with Crippen LogP contribution in [-0.2, 0) is 0 Å². The number of hydrogen-bond donors (Lipinski definition) is 1. The Bertz CT molecular complexity index is 723. The van der Waals surface area contributed by atoms with E-state index in [4.69, 9.17) is 16.6 Å². The molecule has 1 N–H and O–H groups in total. The van der Waals surface area contributed by atoms with Gasteiger partial charge >= 0.3 is 0 Å². The van der Waals surface area contributed by atoms with E-state index in [9.17, 15) is 0 Å². The molecule has 0 unspecified atom stereocenters. The van der Waals surface area contributed by atoms with Crippen LogP contribution < -0.4 is 10.2 Å². The van der Waals surface area contributed by atoms with Crippen molar-refractivity contribution >= 4 is 28.9 Å². The van der Waals surface area contributed by atoms with Crippen LogP contribution in [0.4, 0.5) is 17.3 Å². The fourth-order valence-corrected chi connectivity index (χ4v) is 3.15. The first-order valence-electron chi connectivity index (χ1n) is 8.23. The second-order valence-corrected chi connectivity index (χ2v) is 6.72. The summed E-state index contributed by atoms with van der Waals surface area (Å²) >= 11 is 6.13. The van der Waals surface area contributed by atoms with Crippen LogP contribution in [-0.4, -0.2) is 28.0 Å². The molecule has 2 aromatic heterocycles. The number of aryl methyl sites for hydroxylation is 1. The second kappa shape index (κ2) is 5.96. The lowest BCUT2D eigenvalue weighted by atomic mass is 10.3. The zero-order valence-corrected chi connectivity index (χ0v) is 14.0. The predicted octanol–water partition coefficient (Wildman–Crippen LogP) is 4.05. The summed E-state index contributed by atoms with van der Waals surface area (Å²) in [4.78, 5) is 16.0. The minimum absolute atomic E-state index is 0.478. The Hall–Kier alpha value is -1.88. The van der Waals surface area contributed by atoms with E-state index in [-0.39, 0.29) is 0 Å². The first-order chi connectivity index (χ1) is 11.2. The van der Waals surface area contributed by atoms with E-state index in [1.54, 1.807) is 6.07 Å². The van der Waals surface area contributed by atoms with Crippen LogP contribution >= 0.6 is 11.6 Å². The molecular weight excluding hydrogens is 310 g/mol. The summed E-state index contributed by atoms with van der Waals surface area (Å²) in [6.07, 6.45) is 4.82. The molecule has 2 fully saturated rings. The molecule has 0 atom stereocenters. The molecule has 6 heteroatoms. The van der Waals surface area contributed by atoms with Gasteiger partial charge in [0.25, 0.3) is 0 Å². The molecule has 0 spiro atoms. The molecule has 0 bridgehead atoms. The molecule has 0 amide bonds. The fraction of sp³-hybridized carbons (Fsp3) is 0.471. The molecule has 1 saturated heterocycles. The summed E-state index contributed by atoms with van der Waals surface area (Å²) in [6.45, 7) is 4.23. The molecule has 3 heterocycles. The summed E-state index contributed by atoms with van der Waals surface area (Å²) in [5.74, 6) is 3.13. The first-order valence-corrected chi connectivity index (χ1v) is 8.61. The van der Waals surface area contributed by atoms with Crippen LogP contribution in [0.25, 0.3) is 0 Å². The Morgan fingerprint density at radius 1 is 1.13 bits per heavy atom. The van der Waals surface area contributed by atoms with Gasteiger partial charge in [-0.1, -0.05) is 11.6 Å². The zero-order chi connectivity index (χ0) is 15.8. The molecular formula is C17H20ClN5. The van der Waals surface area contributed by atoms with Crippen molar-refractivity contribution < 1.29 is 0 Å². The molecule has 1 aliphatic heterocycles. The Morgan fingerprint density at radius 3 is 2.61 bits per heavy atom. The number of nitrogens with one attached hydrogen (secondary N) is 1. The SMILES string of the molecule is Cc1nc(N2CCCC2)ccc1Nc1cc(Cl)nc(C2CC2)n1. The van der Waals surface area contributed by atoms with Crippen LogP contribution in [0.15, 0.2) is 18.2 Å². The van der Waals surface area contributed by atoms with Gasteiger partial charge in [-0.25, -0.2) is 15.0 Å². The minimum atomic E-state index is 0.478. The number of anilines is 3. The zero-order valence-electron chi connectivity index (χ0n) is 13.2. The van der Waals surface area contributed by atoms with E-state index in [2.05, 4.69) is 32.3 Å². The van der Waals surface area contributed by atoms with Gasteiger partial charge < -0.3 is 10.2 Å². The van der Waals surface area contributed by atoms with E-state index < -0.39 is 0 Å². The van der Waals surface area contributed by atoms with Gasteiger partial charge in [0, 0.05) is 25.1 Å². The highest BCUT2D eigenvalue weighted by molar-refractivity contribution is 6.29. The first kappa shape index (κ1) is 14.7. The monoisotopic (exact) mass is 329 g/mol.